The van der Waals surface area contributed by atoms with Crippen molar-refractivity contribution in [2.75, 3.05) is 12.3 Å². The van der Waals surface area contributed by atoms with E-state index in [2.05, 4.69) is 15.5 Å². The molecule has 0 bridgehead atoms. The number of rotatable bonds is 5. The molecule has 3 aromatic rings. The van der Waals surface area contributed by atoms with E-state index < -0.39 is 0 Å². The molecule has 3 N–H and O–H groups in total. The summed E-state index contributed by atoms with van der Waals surface area (Å²) in [7, 11) is 0. The van der Waals surface area contributed by atoms with Crippen LogP contribution >= 0.6 is 0 Å². The van der Waals surface area contributed by atoms with E-state index in [0.717, 1.165) is 36.2 Å². The molecular weight excluding hydrogens is 316 g/mol. The van der Waals surface area contributed by atoms with Crippen molar-refractivity contribution in [2.45, 2.75) is 32.1 Å². The topological polar surface area (TPSA) is 94.0 Å². The molecule has 128 valence electrons. The number of amides is 1. The number of aryl methyl sites for hydroxylation is 1. The summed E-state index contributed by atoms with van der Waals surface area (Å²) in [5, 5.41) is 7.66. The number of nitrogen functional groups attached to an aromatic ring is 1. The number of nitrogens with zero attached hydrogens (tertiary/aromatic N) is 2. The Kier molecular flexibility index (Phi) is 3.87. The van der Waals surface area contributed by atoms with Crippen LogP contribution in [-0.4, -0.2) is 22.6 Å². The van der Waals surface area contributed by atoms with E-state index in [1.165, 1.54) is 0 Å². The van der Waals surface area contributed by atoms with Crippen LogP contribution in [0.4, 0.5) is 5.69 Å². The zero-order valence-electron chi connectivity index (χ0n) is 14.1. The summed E-state index contributed by atoms with van der Waals surface area (Å²) >= 11 is 0. The van der Waals surface area contributed by atoms with Gasteiger partial charge in [0.15, 0.2) is 0 Å². The average molecular weight is 336 g/mol. The predicted octanol–water partition coefficient (Wildman–Crippen LogP) is 2.96. The largest absolute Gasteiger partial charge is 0.399 e. The van der Waals surface area contributed by atoms with Crippen LogP contribution in [0.25, 0.3) is 11.1 Å². The summed E-state index contributed by atoms with van der Waals surface area (Å²) in [6, 6.07) is 9.57. The highest BCUT2D eigenvalue weighted by Gasteiger charge is 2.28. The monoisotopic (exact) mass is 336 g/mol. The number of hydrogen-bond donors (Lipinski definition) is 2. The number of fused-ring (bicyclic) bond motifs is 1. The van der Waals surface area contributed by atoms with Gasteiger partial charge in [-0.05, 0) is 49.9 Å². The zero-order chi connectivity index (χ0) is 17.4. The van der Waals surface area contributed by atoms with Gasteiger partial charge in [-0.15, -0.1) is 0 Å². The minimum atomic E-state index is -0.115. The molecule has 25 heavy (non-hydrogen) atoms. The molecular formula is C19H20N4O2. The Morgan fingerprint density at radius 1 is 1.32 bits per heavy atom. The van der Waals surface area contributed by atoms with Gasteiger partial charge in [-0.1, -0.05) is 17.3 Å². The van der Waals surface area contributed by atoms with Gasteiger partial charge in [0.2, 0.25) is 0 Å². The van der Waals surface area contributed by atoms with Gasteiger partial charge in [-0.3, -0.25) is 4.79 Å². The highest BCUT2D eigenvalue weighted by molar-refractivity contribution is 6.06. The predicted molar refractivity (Wildman–Crippen MR) is 95.4 cm³/mol. The van der Waals surface area contributed by atoms with Gasteiger partial charge in [0, 0.05) is 23.8 Å². The normalized spacial score (nSPS) is 14.0. The number of carbonyl (C=O) groups is 1. The van der Waals surface area contributed by atoms with Crippen molar-refractivity contribution in [2.24, 2.45) is 0 Å². The number of carbonyl (C=O) groups excluding carboxylic acids is 1. The molecule has 1 aromatic carbocycles. The summed E-state index contributed by atoms with van der Waals surface area (Å²) in [5.41, 5.74) is 10.2. The zero-order valence-corrected chi connectivity index (χ0v) is 14.1. The molecule has 1 aliphatic carbocycles. The second-order valence-corrected chi connectivity index (χ2v) is 6.56. The Balaban J connectivity index is 1.52. The molecule has 1 amide bonds. The molecule has 1 fully saturated rings. The second kappa shape index (κ2) is 6.20. The Bertz CT molecular complexity index is 926. The number of anilines is 1. The Morgan fingerprint density at radius 2 is 2.08 bits per heavy atom. The van der Waals surface area contributed by atoms with Crippen molar-refractivity contribution in [3.8, 4) is 0 Å². The van der Waals surface area contributed by atoms with E-state index >= 15 is 0 Å². The summed E-state index contributed by atoms with van der Waals surface area (Å²) in [6.45, 7) is 2.38. The maximum atomic E-state index is 12.7. The van der Waals surface area contributed by atoms with Crippen molar-refractivity contribution in [3.63, 3.8) is 0 Å². The molecule has 0 radical (unpaired) electrons. The Morgan fingerprint density at radius 3 is 2.80 bits per heavy atom. The van der Waals surface area contributed by atoms with Gasteiger partial charge in [0.1, 0.15) is 0 Å². The third-order valence-corrected chi connectivity index (χ3v) is 4.56. The van der Waals surface area contributed by atoms with Gasteiger partial charge in [0.25, 0.3) is 11.6 Å². The fourth-order valence-electron chi connectivity index (χ4n) is 2.98. The third kappa shape index (κ3) is 3.20. The lowest BCUT2D eigenvalue weighted by Crippen LogP contribution is -2.26. The van der Waals surface area contributed by atoms with E-state index in [1.807, 2.05) is 37.3 Å². The lowest BCUT2D eigenvalue weighted by Gasteiger charge is -2.08. The van der Waals surface area contributed by atoms with Crippen LogP contribution in [-0.2, 0) is 6.42 Å². The Labute approximate surface area is 145 Å². The minimum absolute atomic E-state index is 0.115. The lowest BCUT2D eigenvalue weighted by molar-refractivity contribution is 0.0955. The van der Waals surface area contributed by atoms with E-state index in [1.54, 1.807) is 0 Å². The first kappa shape index (κ1) is 15.6. The van der Waals surface area contributed by atoms with Crippen molar-refractivity contribution in [1.29, 1.82) is 0 Å². The second-order valence-electron chi connectivity index (χ2n) is 6.56. The number of pyridine rings is 1. The first-order valence-corrected chi connectivity index (χ1v) is 8.51. The molecule has 0 saturated heterocycles. The quantitative estimate of drug-likeness (QED) is 0.699. The number of nitrogens with one attached hydrogen (secondary N) is 1. The molecule has 4 rings (SSSR count). The standard InChI is InChI=1S/C19H20N4O2/c1-11-17-15(10-16(13-4-5-13)22-19(17)25-23-11)18(24)21-9-8-12-2-6-14(20)7-3-12/h2-3,6-7,10,13H,4-5,8-9,20H2,1H3,(H,21,24). The van der Waals surface area contributed by atoms with Crippen LogP contribution in [0, 0.1) is 6.92 Å². The molecule has 2 heterocycles. The van der Waals surface area contributed by atoms with Gasteiger partial charge < -0.3 is 15.6 Å². The number of aromatic nitrogens is 2. The molecule has 1 saturated carbocycles. The average Bonchev–Trinajstić information content (AvgIpc) is 3.40. The number of nitrogens with two attached hydrogens (primary N) is 1. The summed E-state index contributed by atoms with van der Waals surface area (Å²) < 4.78 is 5.29. The lowest BCUT2D eigenvalue weighted by atomic mass is 10.1. The highest BCUT2D eigenvalue weighted by atomic mass is 16.5. The molecule has 1 aliphatic rings. The van der Waals surface area contributed by atoms with Gasteiger partial charge in [-0.25, -0.2) is 4.98 Å². The molecule has 0 spiro atoms. The van der Waals surface area contributed by atoms with E-state index in [0.29, 0.717) is 34.8 Å². The molecule has 0 atom stereocenters. The van der Waals surface area contributed by atoms with Gasteiger partial charge in [-0.2, -0.15) is 0 Å². The molecule has 6 heteroatoms. The van der Waals surface area contributed by atoms with Crippen LogP contribution in [0.2, 0.25) is 0 Å². The summed E-state index contributed by atoms with van der Waals surface area (Å²) in [5.74, 6) is 0.326. The summed E-state index contributed by atoms with van der Waals surface area (Å²) in [4.78, 5) is 17.2. The molecule has 0 aliphatic heterocycles. The first-order valence-electron chi connectivity index (χ1n) is 8.51. The van der Waals surface area contributed by atoms with Crippen LogP contribution in [0.3, 0.4) is 0 Å². The smallest absolute Gasteiger partial charge is 0.259 e. The fraction of sp³-hybridized carbons (Fsp3) is 0.316. The molecule has 2 aromatic heterocycles. The van der Waals surface area contributed by atoms with Crippen molar-refractivity contribution in [3.05, 3.63) is 52.8 Å². The van der Waals surface area contributed by atoms with Crippen LogP contribution in [0.1, 0.15) is 46.1 Å². The van der Waals surface area contributed by atoms with Crippen molar-refractivity contribution in [1.82, 2.24) is 15.5 Å². The van der Waals surface area contributed by atoms with Crippen molar-refractivity contribution < 1.29 is 9.32 Å². The highest BCUT2D eigenvalue weighted by Crippen LogP contribution is 2.40. The maximum Gasteiger partial charge on any atom is 0.259 e. The van der Waals surface area contributed by atoms with Gasteiger partial charge >= 0.3 is 0 Å². The number of hydrogen-bond acceptors (Lipinski definition) is 5. The van der Waals surface area contributed by atoms with Crippen LogP contribution in [0.5, 0.6) is 0 Å². The molecule has 0 unspecified atom stereocenters. The third-order valence-electron chi connectivity index (χ3n) is 4.56. The Hall–Kier alpha value is -2.89. The van der Waals surface area contributed by atoms with Crippen molar-refractivity contribution >= 4 is 22.7 Å². The van der Waals surface area contributed by atoms with E-state index in [4.69, 9.17) is 10.3 Å². The van der Waals surface area contributed by atoms with Crippen LogP contribution in [0.15, 0.2) is 34.9 Å². The SMILES string of the molecule is Cc1noc2nc(C3CC3)cc(C(=O)NCCc3ccc(N)cc3)c12. The number of benzene rings is 1. The fourth-order valence-corrected chi connectivity index (χ4v) is 2.98. The molecule has 6 nitrogen and oxygen atoms in total. The first-order chi connectivity index (χ1) is 12.1. The maximum absolute atomic E-state index is 12.7. The minimum Gasteiger partial charge on any atom is -0.399 e. The van der Waals surface area contributed by atoms with Gasteiger partial charge in [0.05, 0.1) is 16.6 Å². The van der Waals surface area contributed by atoms with E-state index in [9.17, 15) is 4.79 Å². The summed E-state index contributed by atoms with van der Waals surface area (Å²) in [6.07, 6.45) is 2.98. The van der Waals surface area contributed by atoms with E-state index in [-0.39, 0.29) is 5.91 Å². The van der Waals surface area contributed by atoms with Crippen LogP contribution < -0.4 is 11.1 Å².